The minimum absolute atomic E-state index is 0.0477. The summed E-state index contributed by atoms with van der Waals surface area (Å²) in [6, 6.07) is 18.1. The largest absolute Gasteiger partial charge is 0.354 e. The number of hydrogen-bond donors (Lipinski definition) is 1. The molecule has 0 aliphatic carbocycles. The maximum atomic E-state index is 14.0. The molecule has 0 fully saturated rings. The Balaban J connectivity index is 2.05. The van der Waals surface area contributed by atoms with Crippen LogP contribution in [0.4, 0.5) is 5.69 Å². The van der Waals surface area contributed by atoms with Gasteiger partial charge in [0.25, 0.3) is 10.0 Å². The van der Waals surface area contributed by atoms with Gasteiger partial charge in [-0.15, -0.1) is 0 Å². The van der Waals surface area contributed by atoms with Crippen LogP contribution in [0, 0.1) is 20.8 Å². The number of halogens is 1. The van der Waals surface area contributed by atoms with Crippen molar-refractivity contribution in [2.24, 2.45) is 0 Å². The molecule has 40 heavy (non-hydrogen) atoms. The zero-order chi connectivity index (χ0) is 29.4. The van der Waals surface area contributed by atoms with E-state index in [1.54, 1.807) is 67.6 Å². The molecule has 0 saturated carbocycles. The van der Waals surface area contributed by atoms with Crippen molar-refractivity contribution in [3.63, 3.8) is 0 Å². The highest BCUT2D eigenvalue weighted by molar-refractivity contribution is 7.92. The summed E-state index contributed by atoms with van der Waals surface area (Å²) < 4.78 is 29.2. The number of benzene rings is 3. The Morgan fingerprint density at radius 3 is 2.27 bits per heavy atom. The second-order valence-corrected chi connectivity index (χ2v) is 12.2. The fraction of sp³-hybridized carbons (Fsp3) is 0.355. The first kappa shape index (κ1) is 31.2. The van der Waals surface area contributed by atoms with Gasteiger partial charge in [-0.05, 0) is 75.1 Å². The van der Waals surface area contributed by atoms with Gasteiger partial charge in [0.1, 0.15) is 12.6 Å². The van der Waals surface area contributed by atoms with Crippen molar-refractivity contribution in [3.8, 4) is 0 Å². The number of aryl methyl sites for hydroxylation is 2. The third-order valence-corrected chi connectivity index (χ3v) is 9.17. The lowest BCUT2D eigenvalue weighted by Crippen LogP contribution is -2.51. The van der Waals surface area contributed by atoms with Crippen molar-refractivity contribution in [2.75, 3.05) is 17.4 Å². The molecular formula is C31H38ClN3O4S. The number of unbranched alkanes of at least 4 members (excludes halogenated alkanes) is 1. The van der Waals surface area contributed by atoms with Crippen LogP contribution in [-0.4, -0.2) is 44.3 Å². The number of carbonyl (C=O) groups excluding carboxylic acids is 2. The molecule has 0 spiro atoms. The van der Waals surface area contributed by atoms with Crippen LogP contribution in [0.5, 0.6) is 0 Å². The van der Waals surface area contributed by atoms with E-state index < -0.39 is 28.5 Å². The zero-order valence-electron chi connectivity index (χ0n) is 23.8. The fourth-order valence-corrected chi connectivity index (χ4v) is 5.95. The van der Waals surface area contributed by atoms with Gasteiger partial charge >= 0.3 is 0 Å². The number of hydrogen-bond acceptors (Lipinski definition) is 4. The zero-order valence-corrected chi connectivity index (χ0v) is 25.3. The molecule has 1 atom stereocenters. The maximum Gasteiger partial charge on any atom is 0.264 e. The summed E-state index contributed by atoms with van der Waals surface area (Å²) >= 11 is 6.42. The van der Waals surface area contributed by atoms with Gasteiger partial charge in [0.2, 0.25) is 11.8 Å². The number of rotatable bonds is 12. The van der Waals surface area contributed by atoms with Crippen molar-refractivity contribution < 1.29 is 18.0 Å². The average molecular weight is 584 g/mol. The Labute approximate surface area is 243 Å². The number of carbonyl (C=O) groups is 2. The molecule has 0 saturated heterocycles. The molecule has 0 aliphatic rings. The Hall–Kier alpha value is -3.36. The monoisotopic (exact) mass is 583 g/mol. The molecule has 0 aromatic heterocycles. The Bertz CT molecular complexity index is 1440. The molecule has 3 aromatic carbocycles. The highest BCUT2D eigenvalue weighted by atomic mass is 35.5. The highest BCUT2D eigenvalue weighted by Crippen LogP contribution is 2.29. The summed E-state index contributed by atoms with van der Waals surface area (Å²) in [5.74, 6) is -0.830. The SMILES string of the molecule is CCCCNC(=O)[C@@H](C)N(Cc1ccccc1Cl)C(=O)CN(c1cccc(C)c1C)S(=O)(=O)c1ccc(C)cc1. The van der Waals surface area contributed by atoms with Crippen LogP contribution >= 0.6 is 11.6 Å². The lowest BCUT2D eigenvalue weighted by Gasteiger charge is -2.32. The number of nitrogens with zero attached hydrogens (tertiary/aromatic N) is 2. The van der Waals surface area contributed by atoms with Crippen LogP contribution < -0.4 is 9.62 Å². The molecule has 3 aromatic rings. The number of anilines is 1. The van der Waals surface area contributed by atoms with E-state index in [1.165, 1.54) is 4.90 Å². The maximum absolute atomic E-state index is 14.0. The molecule has 0 bridgehead atoms. The lowest BCUT2D eigenvalue weighted by atomic mass is 10.1. The highest BCUT2D eigenvalue weighted by Gasteiger charge is 2.33. The minimum atomic E-state index is -4.12. The Morgan fingerprint density at radius 2 is 1.62 bits per heavy atom. The first-order chi connectivity index (χ1) is 19.0. The standard InChI is InChI=1S/C31H38ClN3O4S/c1-6-7-19-33-31(37)25(5)34(20-26-12-8-9-13-28(26)32)30(36)21-35(29-14-10-11-23(3)24(29)4)40(38,39)27-17-15-22(2)16-18-27/h8-18,25H,6-7,19-21H2,1-5H3,(H,33,37)/t25-/m1/s1. The van der Waals surface area contributed by atoms with Gasteiger partial charge in [-0.2, -0.15) is 0 Å². The molecule has 214 valence electrons. The molecular weight excluding hydrogens is 546 g/mol. The number of sulfonamides is 1. The van der Waals surface area contributed by atoms with Crippen LogP contribution in [0.15, 0.2) is 71.6 Å². The summed E-state index contributed by atoms with van der Waals surface area (Å²) in [5, 5.41) is 3.34. The van der Waals surface area contributed by atoms with Crippen molar-refractivity contribution in [1.82, 2.24) is 10.2 Å². The molecule has 7 nitrogen and oxygen atoms in total. The molecule has 3 rings (SSSR count). The van der Waals surface area contributed by atoms with Crippen molar-refractivity contribution in [1.29, 1.82) is 0 Å². The summed E-state index contributed by atoms with van der Waals surface area (Å²) in [4.78, 5) is 28.6. The smallest absolute Gasteiger partial charge is 0.264 e. The third-order valence-electron chi connectivity index (χ3n) is 7.03. The van der Waals surface area contributed by atoms with E-state index in [0.717, 1.165) is 33.8 Å². The van der Waals surface area contributed by atoms with E-state index in [4.69, 9.17) is 11.6 Å². The molecule has 2 amide bonds. The second kappa shape index (κ2) is 13.8. The van der Waals surface area contributed by atoms with Gasteiger partial charge in [0, 0.05) is 18.1 Å². The van der Waals surface area contributed by atoms with Crippen molar-refractivity contribution >= 4 is 39.1 Å². The van der Waals surface area contributed by atoms with E-state index in [1.807, 2.05) is 33.8 Å². The molecule has 0 unspecified atom stereocenters. The van der Waals surface area contributed by atoms with Crippen LogP contribution in [0.25, 0.3) is 0 Å². The van der Waals surface area contributed by atoms with E-state index in [0.29, 0.717) is 22.8 Å². The molecule has 0 heterocycles. The van der Waals surface area contributed by atoms with E-state index >= 15 is 0 Å². The number of amides is 2. The van der Waals surface area contributed by atoms with Gasteiger partial charge in [-0.1, -0.05) is 73.0 Å². The van der Waals surface area contributed by atoms with Gasteiger partial charge in [0.05, 0.1) is 10.6 Å². The predicted octanol–water partition coefficient (Wildman–Crippen LogP) is 5.79. The quantitative estimate of drug-likeness (QED) is 0.273. The lowest BCUT2D eigenvalue weighted by molar-refractivity contribution is -0.139. The van der Waals surface area contributed by atoms with Gasteiger partial charge in [-0.3, -0.25) is 13.9 Å². The van der Waals surface area contributed by atoms with Gasteiger partial charge in [-0.25, -0.2) is 8.42 Å². The number of nitrogens with one attached hydrogen (secondary N) is 1. The second-order valence-electron chi connectivity index (χ2n) is 9.98. The average Bonchev–Trinajstić information content (AvgIpc) is 2.92. The Kier molecular flexibility index (Phi) is 10.8. The summed E-state index contributed by atoms with van der Waals surface area (Å²) in [5.41, 5.74) is 3.62. The summed E-state index contributed by atoms with van der Waals surface area (Å²) in [7, 11) is -4.12. The van der Waals surface area contributed by atoms with Crippen molar-refractivity contribution in [2.45, 2.75) is 64.9 Å². The van der Waals surface area contributed by atoms with E-state index in [-0.39, 0.29) is 17.3 Å². The van der Waals surface area contributed by atoms with Gasteiger partial charge in [0.15, 0.2) is 0 Å². The first-order valence-corrected chi connectivity index (χ1v) is 15.2. The fourth-order valence-electron chi connectivity index (χ4n) is 4.29. The molecule has 9 heteroatoms. The summed E-state index contributed by atoms with van der Waals surface area (Å²) in [6.45, 7) is 9.32. The topological polar surface area (TPSA) is 86.8 Å². The third kappa shape index (κ3) is 7.43. The first-order valence-electron chi connectivity index (χ1n) is 13.4. The molecule has 1 N–H and O–H groups in total. The van der Waals surface area contributed by atoms with Crippen LogP contribution in [0.3, 0.4) is 0 Å². The normalized spacial score (nSPS) is 12.1. The summed E-state index contributed by atoms with van der Waals surface area (Å²) in [6.07, 6.45) is 1.73. The predicted molar refractivity (Wildman–Crippen MR) is 161 cm³/mol. The minimum Gasteiger partial charge on any atom is -0.354 e. The van der Waals surface area contributed by atoms with Crippen LogP contribution in [0.1, 0.15) is 48.9 Å². The van der Waals surface area contributed by atoms with Crippen LogP contribution in [-0.2, 0) is 26.2 Å². The van der Waals surface area contributed by atoms with Gasteiger partial charge < -0.3 is 10.2 Å². The van der Waals surface area contributed by atoms with Crippen LogP contribution in [0.2, 0.25) is 5.02 Å². The van der Waals surface area contributed by atoms with Crippen molar-refractivity contribution in [3.05, 3.63) is 94.0 Å². The van der Waals surface area contributed by atoms with E-state index in [9.17, 15) is 18.0 Å². The van der Waals surface area contributed by atoms with E-state index in [2.05, 4.69) is 5.32 Å². The molecule has 0 radical (unpaired) electrons. The Morgan fingerprint density at radius 1 is 0.950 bits per heavy atom. The molecule has 0 aliphatic heterocycles.